The smallest absolute Gasteiger partial charge is 0.305 e. The second kappa shape index (κ2) is 7.23. The van der Waals surface area contributed by atoms with Crippen LogP contribution in [0.4, 0.5) is 0 Å². The quantitative estimate of drug-likeness (QED) is 0.646. The first-order chi connectivity index (χ1) is 7.01. The zero-order chi connectivity index (χ0) is 11.8. The topological polar surface area (TPSA) is 83.6 Å². The number of nitrogens with zero attached hydrogens (tertiary/aromatic N) is 1. The van der Waals surface area contributed by atoms with Crippen molar-refractivity contribution in [1.82, 2.24) is 4.90 Å². The molecule has 88 valence electrons. The van der Waals surface area contributed by atoms with Gasteiger partial charge in [-0.3, -0.25) is 9.59 Å². The summed E-state index contributed by atoms with van der Waals surface area (Å²) in [6.07, 6.45) is 1.03. The van der Waals surface area contributed by atoms with Gasteiger partial charge in [0.2, 0.25) is 5.91 Å². The summed E-state index contributed by atoms with van der Waals surface area (Å²) in [5.74, 6) is -0.950. The van der Waals surface area contributed by atoms with E-state index in [0.717, 1.165) is 6.42 Å². The molecule has 0 aliphatic carbocycles. The summed E-state index contributed by atoms with van der Waals surface area (Å²) in [5.41, 5.74) is 5.66. The van der Waals surface area contributed by atoms with E-state index in [4.69, 9.17) is 10.8 Å². The molecule has 0 saturated heterocycles. The number of carbonyl (C=O) groups is 2. The van der Waals surface area contributed by atoms with Crippen LogP contribution in [0.2, 0.25) is 0 Å². The van der Waals surface area contributed by atoms with Crippen molar-refractivity contribution in [2.45, 2.75) is 39.2 Å². The highest BCUT2D eigenvalue weighted by Gasteiger charge is 2.15. The van der Waals surface area contributed by atoms with Gasteiger partial charge in [0.05, 0.1) is 6.42 Å². The van der Waals surface area contributed by atoms with Gasteiger partial charge >= 0.3 is 5.97 Å². The average Bonchev–Trinajstić information content (AvgIpc) is 2.18. The molecule has 0 heterocycles. The number of carboxylic acids is 1. The number of hydrogen-bond donors (Lipinski definition) is 2. The van der Waals surface area contributed by atoms with Gasteiger partial charge in [-0.15, -0.1) is 0 Å². The third-order valence-electron chi connectivity index (χ3n) is 2.29. The van der Waals surface area contributed by atoms with Crippen LogP contribution in [-0.2, 0) is 9.59 Å². The SMILES string of the molecule is CCC(N)CC(=O)N(CC)CCC(=O)O. The Morgan fingerprint density at radius 3 is 2.40 bits per heavy atom. The predicted molar refractivity (Wildman–Crippen MR) is 57.4 cm³/mol. The maximum Gasteiger partial charge on any atom is 0.305 e. The summed E-state index contributed by atoms with van der Waals surface area (Å²) in [6.45, 7) is 4.55. The van der Waals surface area contributed by atoms with E-state index in [0.29, 0.717) is 13.0 Å². The number of hydrogen-bond acceptors (Lipinski definition) is 3. The van der Waals surface area contributed by atoms with E-state index in [2.05, 4.69) is 0 Å². The number of aliphatic carboxylic acids is 1. The number of carbonyl (C=O) groups excluding carboxylic acids is 1. The fourth-order valence-corrected chi connectivity index (χ4v) is 1.19. The average molecular weight is 216 g/mol. The molecule has 15 heavy (non-hydrogen) atoms. The lowest BCUT2D eigenvalue weighted by Gasteiger charge is -2.21. The number of carboxylic acid groups (broad SMARTS) is 1. The lowest BCUT2D eigenvalue weighted by Crippen LogP contribution is -2.36. The third kappa shape index (κ3) is 6.06. The lowest BCUT2D eigenvalue weighted by molar-refractivity contribution is -0.138. The van der Waals surface area contributed by atoms with Crippen LogP contribution in [0.3, 0.4) is 0 Å². The normalized spacial score (nSPS) is 12.2. The van der Waals surface area contributed by atoms with Gasteiger partial charge in [-0.05, 0) is 13.3 Å². The Bertz CT molecular complexity index is 219. The molecule has 0 radical (unpaired) electrons. The predicted octanol–water partition coefficient (Wildman–Crippen LogP) is 0.437. The van der Waals surface area contributed by atoms with Crippen molar-refractivity contribution < 1.29 is 14.7 Å². The molecular formula is C10H20N2O3. The van der Waals surface area contributed by atoms with Crippen LogP contribution in [0.5, 0.6) is 0 Å². The minimum absolute atomic E-state index is 0.0130. The molecule has 3 N–H and O–H groups in total. The van der Waals surface area contributed by atoms with Gasteiger partial charge in [0.1, 0.15) is 0 Å². The third-order valence-corrected chi connectivity index (χ3v) is 2.29. The van der Waals surface area contributed by atoms with Gasteiger partial charge in [0.25, 0.3) is 0 Å². The van der Waals surface area contributed by atoms with Crippen molar-refractivity contribution in [3.8, 4) is 0 Å². The van der Waals surface area contributed by atoms with Gasteiger partial charge in [-0.25, -0.2) is 0 Å². The Labute approximate surface area is 90.2 Å². The molecule has 0 aromatic rings. The standard InChI is InChI=1S/C10H20N2O3/c1-3-8(11)7-9(13)12(4-2)6-5-10(14)15/h8H,3-7,11H2,1-2H3,(H,14,15). The van der Waals surface area contributed by atoms with Gasteiger partial charge in [0, 0.05) is 25.6 Å². The molecule has 0 aromatic carbocycles. The second-order valence-electron chi connectivity index (χ2n) is 3.49. The van der Waals surface area contributed by atoms with Crippen molar-refractivity contribution in [3.05, 3.63) is 0 Å². The molecule has 5 heteroatoms. The maximum atomic E-state index is 11.6. The molecule has 0 aliphatic rings. The fourth-order valence-electron chi connectivity index (χ4n) is 1.19. The molecule has 1 amide bonds. The Kier molecular flexibility index (Phi) is 6.70. The molecule has 0 aliphatic heterocycles. The van der Waals surface area contributed by atoms with Crippen LogP contribution in [0.1, 0.15) is 33.1 Å². The molecule has 0 bridgehead atoms. The Morgan fingerprint density at radius 1 is 1.40 bits per heavy atom. The van der Waals surface area contributed by atoms with Gasteiger partial charge in [0.15, 0.2) is 0 Å². The summed E-state index contributed by atoms with van der Waals surface area (Å²) in [6, 6.07) is -0.128. The summed E-state index contributed by atoms with van der Waals surface area (Å²) >= 11 is 0. The first-order valence-corrected chi connectivity index (χ1v) is 5.26. The van der Waals surface area contributed by atoms with Crippen LogP contribution in [0.25, 0.3) is 0 Å². The van der Waals surface area contributed by atoms with Crippen molar-refractivity contribution in [1.29, 1.82) is 0 Å². The highest BCUT2D eigenvalue weighted by atomic mass is 16.4. The van der Waals surface area contributed by atoms with Crippen LogP contribution < -0.4 is 5.73 Å². The zero-order valence-corrected chi connectivity index (χ0v) is 9.40. The largest absolute Gasteiger partial charge is 0.481 e. The maximum absolute atomic E-state index is 11.6. The van der Waals surface area contributed by atoms with Crippen LogP contribution in [0, 0.1) is 0 Å². The summed E-state index contributed by atoms with van der Waals surface area (Å²) < 4.78 is 0. The minimum atomic E-state index is -0.888. The van der Waals surface area contributed by atoms with Gasteiger partial charge < -0.3 is 15.7 Å². The van der Waals surface area contributed by atoms with Crippen molar-refractivity contribution in [2.24, 2.45) is 5.73 Å². The Morgan fingerprint density at radius 2 is 2.00 bits per heavy atom. The fraction of sp³-hybridized carbons (Fsp3) is 0.800. The molecule has 5 nitrogen and oxygen atoms in total. The van der Waals surface area contributed by atoms with Crippen molar-refractivity contribution in [2.75, 3.05) is 13.1 Å². The van der Waals surface area contributed by atoms with E-state index in [9.17, 15) is 9.59 Å². The molecular weight excluding hydrogens is 196 g/mol. The monoisotopic (exact) mass is 216 g/mol. The second-order valence-corrected chi connectivity index (χ2v) is 3.49. The summed E-state index contributed by atoms with van der Waals surface area (Å²) in [5, 5.41) is 8.51. The molecule has 1 atom stereocenters. The summed E-state index contributed by atoms with van der Waals surface area (Å²) in [7, 11) is 0. The number of amides is 1. The first kappa shape index (κ1) is 13.9. The zero-order valence-electron chi connectivity index (χ0n) is 9.40. The van der Waals surface area contributed by atoms with E-state index < -0.39 is 5.97 Å². The molecule has 0 fully saturated rings. The van der Waals surface area contributed by atoms with E-state index in [-0.39, 0.29) is 24.9 Å². The number of rotatable bonds is 7. The first-order valence-electron chi connectivity index (χ1n) is 5.26. The Hall–Kier alpha value is -1.10. The van der Waals surface area contributed by atoms with E-state index >= 15 is 0 Å². The molecule has 0 aromatic heterocycles. The highest BCUT2D eigenvalue weighted by molar-refractivity contribution is 5.77. The van der Waals surface area contributed by atoms with E-state index in [1.54, 1.807) is 0 Å². The number of nitrogens with two attached hydrogens (primary N) is 1. The van der Waals surface area contributed by atoms with E-state index in [1.807, 2.05) is 13.8 Å². The van der Waals surface area contributed by atoms with Crippen LogP contribution >= 0.6 is 0 Å². The summed E-state index contributed by atoms with van der Waals surface area (Å²) in [4.78, 5) is 23.5. The minimum Gasteiger partial charge on any atom is -0.481 e. The van der Waals surface area contributed by atoms with Gasteiger partial charge in [-0.1, -0.05) is 6.92 Å². The highest BCUT2D eigenvalue weighted by Crippen LogP contribution is 2.01. The van der Waals surface area contributed by atoms with Crippen LogP contribution in [-0.4, -0.2) is 41.0 Å². The molecule has 0 rings (SSSR count). The lowest BCUT2D eigenvalue weighted by atomic mass is 10.1. The molecule has 1 unspecified atom stereocenters. The van der Waals surface area contributed by atoms with E-state index in [1.165, 1.54) is 4.90 Å². The molecule has 0 saturated carbocycles. The van der Waals surface area contributed by atoms with Crippen LogP contribution in [0.15, 0.2) is 0 Å². The molecule has 0 spiro atoms. The Balaban J connectivity index is 4.04. The van der Waals surface area contributed by atoms with Crippen molar-refractivity contribution >= 4 is 11.9 Å². The van der Waals surface area contributed by atoms with Crippen molar-refractivity contribution in [3.63, 3.8) is 0 Å². The van der Waals surface area contributed by atoms with Gasteiger partial charge in [-0.2, -0.15) is 0 Å².